The fraction of sp³-hybridized carbons (Fsp3) is 0.464. The van der Waals surface area contributed by atoms with Crippen molar-refractivity contribution in [3.05, 3.63) is 46.6 Å². The Kier molecular flexibility index (Phi) is 12.8. The third-order valence-corrected chi connectivity index (χ3v) is 6.85. The van der Waals surface area contributed by atoms with E-state index in [1.165, 1.54) is 45.2 Å². The SMILES string of the molecule is CNC(CCC(=O)NCC(C)=O)C(=O)NCC(=O)Nc1ccc(NC(=O)C2OC(Oc3ncc(F)c(=O)[nH]3)C(C)C(O)C2O)cc1. The van der Waals surface area contributed by atoms with Crippen molar-refractivity contribution in [2.24, 2.45) is 5.92 Å². The van der Waals surface area contributed by atoms with Gasteiger partial charge in [-0.2, -0.15) is 4.39 Å². The average molecular weight is 650 g/mol. The molecule has 2 heterocycles. The number of aromatic amines is 1. The summed E-state index contributed by atoms with van der Waals surface area (Å²) in [6.07, 6.45) is -5.30. The number of ketones is 1. The summed E-state index contributed by atoms with van der Waals surface area (Å²) < 4.78 is 24.2. The summed E-state index contributed by atoms with van der Waals surface area (Å²) in [6.45, 7) is 2.34. The van der Waals surface area contributed by atoms with Gasteiger partial charge in [0.25, 0.3) is 17.5 Å². The molecule has 1 aliphatic heterocycles. The van der Waals surface area contributed by atoms with Crippen LogP contribution in [0.2, 0.25) is 0 Å². The van der Waals surface area contributed by atoms with Crippen LogP contribution in [0.4, 0.5) is 15.8 Å². The third-order valence-electron chi connectivity index (χ3n) is 6.85. The molecule has 6 atom stereocenters. The monoisotopic (exact) mass is 649 g/mol. The molecule has 4 amide bonds. The molecule has 18 heteroatoms. The summed E-state index contributed by atoms with van der Waals surface area (Å²) in [5, 5.41) is 33.7. The number of carbonyl (C=O) groups is 5. The normalized spacial score (nSPS) is 21.4. The molecule has 250 valence electrons. The molecule has 3 rings (SSSR count). The van der Waals surface area contributed by atoms with Crippen molar-refractivity contribution in [3.8, 4) is 6.01 Å². The van der Waals surface area contributed by atoms with Crippen LogP contribution in [0.25, 0.3) is 0 Å². The maximum atomic E-state index is 13.2. The van der Waals surface area contributed by atoms with E-state index in [9.17, 15) is 43.4 Å². The molecule has 1 saturated heterocycles. The second kappa shape index (κ2) is 16.5. The number of hydrogen-bond acceptors (Lipinski definition) is 12. The molecule has 6 unspecified atom stereocenters. The Morgan fingerprint density at radius 3 is 2.28 bits per heavy atom. The number of hydrogen-bond donors (Lipinski definition) is 8. The van der Waals surface area contributed by atoms with Gasteiger partial charge in [-0.05, 0) is 44.7 Å². The van der Waals surface area contributed by atoms with Crippen molar-refractivity contribution >= 4 is 40.8 Å². The Bertz CT molecular complexity index is 1470. The molecular weight excluding hydrogens is 613 g/mol. The number of Topliss-reactive ketones (excluding diaryl/α,β-unsaturated/α-hetero) is 1. The van der Waals surface area contributed by atoms with Gasteiger partial charge in [0.2, 0.25) is 29.8 Å². The fourth-order valence-electron chi connectivity index (χ4n) is 4.22. The molecule has 1 aromatic heterocycles. The summed E-state index contributed by atoms with van der Waals surface area (Å²) in [5.41, 5.74) is -0.528. The number of nitrogens with one attached hydrogen (secondary N) is 6. The van der Waals surface area contributed by atoms with Crippen molar-refractivity contribution in [2.75, 3.05) is 30.8 Å². The zero-order chi connectivity index (χ0) is 34.0. The standard InChI is InChI=1S/C28H36FN7O10/c1-13(37)10-31-19(38)9-8-18(30-3)25(43)32-12-20(39)34-15-4-6-16(7-5-15)35-26(44)23-22(41)21(40)14(2)27(45-23)46-28-33-11-17(29)24(42)36-28/h4-7,11,14,18,21-23,27,30,40-41H,8-10,12H2,1-3H3,(H,31,38)(H,32,43)(H,34,39)(H,35,44)(H,33,36,42). The van der Waals surface area contributed by atoms with Crippen LogP contribution in [0.3, 0.4) is 0 Å². The van der Waals surface area contributed by atoms with E-state index in [2.05, 4.69) is 31.6 Å². The lowest BCUT2D eigenvalue weighted by Crippen LogP contribution is -2.58. The Labute approximate surface area is 261 Å². The van der Waals surface area contributed by atoms with Crippen LogP contribution in [0.5, 0.6) is 6.01 Å². The van der Waals surface area contributed by atoms with E-state index in [0.29, 0.717) is 11.9 Å². The van der Waals surface area contributed by atoms with Gasteiger partial charge in [0.15, 0.2) is 6.10 Å². The van der Waals surface area contributed by atoms with Gasteiger partial charge in [-0.15, -0.1) is 0 Å². The summed E-state index contributed by atoms with van der Waals surface area (Å²) in [7, 11) is 1.53. The van der Waals surface area contributed by atoms with Gasteiger partial charge < -0.3 is 46.3 Å². The molecule has 0 saturated carbocycles. The molecule has 1 aliphatic rings. The Balaban J connectivity index is 1.49. The van der Waals surface area contributed by atoms with Crippen LogP contribution in [0.1, 0.15) is 26.7 Å². The molecule has 1 fully saturated rings. The molecule has 8 N–H and O–H groups in total. The minimum Gasteiger partial charge on any atom is -0.434 e. The highest BCUT2D eigenvalue weighted by molar-refractivity contribution is 5.97. The van der Waals surface area contributed by atoms with Crippen LogP contribution in [-0.4, -0.2) is 100 Å². The zero-order valence-corrected chi connectivity index (χ0v) is 25.2. The van der Waals surface area contributed by atoms with Gasteiger partial charge in [0.1, 0.15) is 11.9 Å². The maximum Gasteiger partial charge on any atom is 0.298 e. The molecule has 2 aromatic rings. The quantitative estimate of drug-likeness (QED) is 0.112. The van der Waals surface area contributed by atoms with Crippen LogP contribution in [-0.2, 0) is 28.7 Å². The van der Waals surface area contributed by atoms with Crippen molar-refractivity contribution in [1.82, 2.24) is 25.9 Å². The van der Waals surface area contributed by atoms with Gasteiger partial charge >= 0.3 is 0 Å². The van der Waals surface area contributed by atoms with E-state index in [1.54, 1.807) is 0 Å². The van der Waals surface area contributed by atoms with E-state index in [1.807, 2.05) is 4.98 Å². The Hall–Kier alpha value is -4.78. The van der Waals surface area contributed by atoms with Crippen molar-refractivity contribution in [3.63, 3.8) is 0 Å². The summed E-state index contributed by atoms with van der Waals surface area (Å²) in [5.74, 6) is -4.50. The predicted molar refractivity (Wildman–Crippen MR) is 158 cm³/mol. The van der Waals surface area contributed by atoms with Crippen LogP contribution >= 0.6 is 0 Å². The largest absolute Gasteiger partial charge is 0.434 e. The van der Waals surface area contributed by atoms with Crippen LogP contribution in [0.15, 0.2) is 35.3 Å². The highest BCUT2D eigenvalue weighted by atomic mass is 19.1. The molecule has 0 bridgehead atoms. The molecule has 17 nitrogen and oxygen atoms in total. The Morgan fingerprint density at radius 1 is 1.02 bits per heavy atom. The first kappa shape index (κ1) is 35.7. The summed E-state index contributed by atoms with van der Waals surface area (Å²) in [6, 6.07) is 4.63. The molecule has 1 aromatic carbocycles. The number of anilines is 2. The van der Waals surface area contributed by atoms with Crippen molar-refractivity contribution in [1.29, 1.82) is 0 Å². The Morgan fingerprint density at radius 2 is 1.67 bits per heavy atom. The fourth-order valence-corrected chi connectivity index (χ4v) is 4.22. The summed E-state index contributed by atoms with van der Waals surface area (Å²) >= 11 is 0. The maximum absolute atomic E-state index is 13.2. The lowest BCUT2D eigenvalue weighted by Gasteiger charge is -2.40. The number of amides is 4. The van der Waals surface area contributed by atoms with Crippen molar-refractivity contribution in [2.45, 2.75) is 57.3 Å². The van der Waals surface area contributed by atoms with Gasteiger partial charge in [-0.25, -0.2) is 4.98 Å². The average Bonchev–Trinajstić information content (AvgIpc) is 3.02. The first-order chi connectivity index (χ1) is 21.8. The second-order valence-electron chi connectivity index (χ2n) is 10.4. The number of ether oxygens (including phenoxy) is 2. The highest BCUT2D eigenvalue weighted by Crippen LogP contribution is 2.28. The number of rotatable bonds is 14. The predicted octanol–water partition coefficient (Wildman–Crippen LogP) is -1.86. The van der Waals surface area contributed by atoms with E-state index in [-0.39, 0.29) is 43.3 Å². The number of carbonyl (C=O) groups excluding carboxylic acids is 5. The van der Waals surface area contributed by atoms with E-state index in [4.69, 9.17) is 9.47 Å². The molecule has 46 heavy (non-hydrogen) atoms. The van der Waals surface area contributed by atoms with E-state index >= 15 is 0 Å². The number of aromatic nitrogens is 2. The van der Waals surface area contributed by atoms with E-state index in [0.717, 1.165) is 0 Å². The van der Waals surface area contributed by atoms with E-state index < -0.39 is 71.7 Å². The second-order valence-corrected chi connectivity index (χ2v) is 10.4. The topological polar surface area (TPSA) is 250 Å². The number of nitrogens with zero attached hydrogens (tertiary/aromatic N) is 1. The summed E-state index contributed by atoms with van der Waals surface area (Å²) in [4.78, 5) is 77.6. The minimum atomic E-state index is -1.64. The number of aliphatic hydroxyl groups is 2. The van der Waals surface area contributed by atoms with Crippen LogP contribution < -0.4 is 36.9 Å². The lowest BCUT2D eigenvalue weighted by atomic mass is 9.92. The van der Waals surface area contributed by atoms with Crippen LogP contribution in [0, 0.1) is 11.7 Å². The molecular formula is C28H36FN7O10. The third kappa shape index (κ3) is 10.1. The number of benzene rings is 1. The number of H-pyrrole nitrogens is 1. The molecule has 0 radical (unpaired) electrons. The number of aliphatic hydroxyl groups excluding tert-OH is 2. The number of halogens is 1. The number of likely N-dealkylation sites (N-methyl/N-ethyl adjacent to an activating group) is 1. The smallest absolute Gasteiger partial charge is 0.298 e. The van der Waals surface area contributed by atoms with Gasteiger partial charge in [0, 0.05) is 23.7 Å². The molecule has 0 aliphatic carbocycles. The zero-order valence-electron chi connectivity index (χ0n) is 25.2. The first-order valence-corrected chi connectivity index (χ1v) is 14.1. The molecule has 0 spiro atoms. The van der Waals surface area contributed by atoms with Gasteiger partial charge in [0.05, 0.1) is 31.4 Å². The highest BCUT2D eigenvalue weighted by Gasteiger charge is 2.46. The van der Waals surface area contributed by atoms with Crippen molar-refractivity contribution < 1.29 is 48.0 Å². The van der Waals surface area contributed by atoms with Gasteiger partial charge in [-0.1, -0.05) is 6.92 Å². The van der Waals surface area contributed by atoms with Gasteiger partial charge in [-0.3, -0.25) is 33.8 Å². The lowest BCUT2D eigenvalue weighted by molar-refractivity contribution is -0.245. The minimum absolute atomic E-state index is 0.00326. The first-order valence-electron chi connectivity index (χ1n) is 14.1.